The molecule has 1 aromatic rings. The Bertz CT molecular complexity index is 412. The molecule has 0 saturated heterocycles. The Hall–Kier alpha value is -1.39. The number of rotatable bonds is 4. The van der Waals surface area contributed by atoms with Gasteiger partial charge in [-0.2, -0.15) is 0 Å². The molecule has 0 bridgehead atoms. The lowest BCUT2D eigenvalue weighted by Gasteiger charge is -2.07. The Morgan fingerprint density at radius 1 is 1.25 bits per heavy atom. The first-order valence-corrected chi connectivity index (χ1v) is 5.18. The van der Waals surface area contributed by atoms with Crippen LogP contribution in [-0.4, -0.2) is 12.5 Å². The Labute approximate surface area is 103 Å². The van der Waals surface area contributed by atoms with Gasteiger partial charge in [0.1, 0.15) is 0 Å². The van der Waals surface area contributed by atoms with Gasteiger partial charge in [-0.15, -0.1) is 0 Å². The number of carbonyl (C=O) groups is 1. The molecule has 0 radical (unpaired) electrons. The third-order valence-corrected chi connectivity index (χ3v) is 2.12. The van der Waals surface area contributed by atoms with E-state index in [1.54, 1.807) is 18.2 Å². The second-order valence-corrected chi connectivity index (χ2v) is 4.01. The fourth-order valence-electron chi connectivity index (χ4n) is 1.09. The van der Waals surface area contributed by atoms with E-state index < -0.39 is 5.91 Å². The zero-order valence-electron chi connectivity index (χ0n) is 8.34. The maximum Gasteiger partial charge on any atom is 0.243 e. The van der Waals surface area contributed by atoms with Crippen molar-refractivity contribution in [3.05, 3.63) is 40.0 Å². The first-order chi connectivity index (χ1) is 7.47. The number of hydrogen-bond acceptors (Lipinski definition) is 3. The molecule has 0 heterocycles. The Kier molecular flexibility index (Phi) is 4.46. The Balaban J connectivity index is 2.64. The molecule has 0 saturated carbocycles. The van der Waals surface area contributed by atoms with Gasteiger partial charge in [0, 0.05) is 27.5 Å². The normalized spacial score (nSPS) is 11.2. The minimum Gasteiger partial charge on any atom is -0.400 e. The molecule has 0 aliphatic heterocycles. The number of benzene rings is 1. The molecule has 6 heteroatoms. The van der Waals surface area contributed by atoms with Gasteiger partial charge in [-0.3, -0.25) is 4.79 Å². The van der Waals surface area contributed by atoms with Crippen LogP contribution in [-0.2, 0) is 4.79 Å². The molecule has 0 aliphatic carbocycles. The highest BCUT2D eigenvalue weighted by Gasteiger charge is 1.99. The largest absolute Gasteiger partial charge is 0.400 e. The number of nitrogens with one attached hydrogen (secondary N) is 1. The number of amides is 1. The van der Waals surface area contributed by atoms with Crippen molar-refractivity contribution in [3.8, 4) is 0 Å². The summed E-state index contributed by atoms with van der Waals surface area (Å²) >= 11 is 11.6. The predicted octanol–water partition coefficient (Wildman–Crippen LogP) is 1.73. The van der Waals surface area contributed by atoms with Crippen molar-refractivity contribution >= 4 is 34.8 Å². The van der Waals surface area contributed by atoms with E-state index in [0.29, 0.717) is 22.3 Å². The van der Waals surface area contributed by atoms with Crippen LogP contribution in [0.2, 0.25) is 10.0 Å². The minimum atomic E-state index is -0.580. The summed E-state index contributed by atoms with van der Waals surface area (Å²) in [7, 11) is 0. The molecule has 0 spiro atoms. The first kappa shape index (κ1) is 12.7. The highest BCUT2D eigenvalue weighted by atomic mass is 35.5. The van der Waals surface area contributed by atoms with Gasteiger partial charge in [0.2, 0.25) is 5.91 Å². The molecule has 1 rings (SSSR count). The molecule has 1 aromatic carbocycles. The van der Waals surface area contributed by atoms with Gasteiger partial charge >= 0.3 is 0 Å². The third-order valence-electron chi connectivity index (χ3n) is 1.69. The first-order valence-electron chi connectivity index (χ1n) is 4.43. The van der Waals surface area contributed by atoms with Crippen LogP contribution < -0.4 is 16.8 Å². The molecule has 0 aromatic heterocycles. The Morgan fingerprint density at radius 3 is 2.31 bits per heavy atom. The van der Waals surface area contributed by atoms with Gasteiger partial charge in [0.25, 0.3) is 0 Å². The molecule has 0 unspecified atom stereocenters. The SMILES string of the molecule is NC(=O)/C=C(\N)CNc1cc(Cl)cc(Cl)c1. The van der Waals surface area contributed by atoms with E-state index in [1.165, 1.54) is 0 Å². The third kappa shape index (κ3) is 4.42. The number of hydrogen-bond donors (Lipinski definition) is 3. The van der Waals surface area contributed by atoms with Crippen molar-refractivity contribution < 1.29 is 4.79 Å². The summed E-state index contributed by atoms with van der Waals surface area (Å²) in [5.41, 5.74) is 11.5. The van der Waals surface area contributed by atoms with Crippen molar-refractivity contribution in [2.45, 2.75) is 0 Å². The average Bonchev–Trinajstić information content (AvgIpc) is 2.12. The monoisotopic (exact) mass is 259 g/mol. The Morgan fingerprint density at radius 2 is 1.81 bits per heavy atom. The number of anilines is 1. The molecule has 5 N–H and O–H groups in total. The van der Waals surface area contributed by atoms with Crippen molar-refractivity contribution in [2.75, 3.05) is 11.9 Å². The number of carbonyl (C=O) groups excluding carboxylic acids is 1. The lowest BCUT2D eigenvalue weighted by atomic mass is 10.3. The summed E-state index contributed by atoms with van der Waals surface area (Å²) in [5, 5.41) is 4.00. The second-order valence-electron chi connectivity index (χ2n) is 3.13. The van der Waals surface area contributed by atoms with Crippen LogP contribution >= 0.6 is 23.2 Å². The summed E-state index contributed by atoms with van der Waals surface area (Å²) in [4.78, 5) is 10.5. The van der Waals surface area contributed by atoms with Crippen molar-refractivity contribution in [1.29, 1.82) is 0 Å². The number of halogens is 2. The average molecular weight is 260 g/mol. The van der Waals surface area contributed by atoms with Crippen molar-refractivity contribution in [2.24, 2.45) is 11.5 Å². The van der Waals surface area contributed by atoms with Crippen molar-refractivity contribution in [1.82, 2.24) is 0 Å². The van der Waals surface area contributed by atoms with Crippen LogP contribution in [0, 0.1) is 0 Å². The summed E-state index contributed by atoms with van der Waals surface area (Å²) < 4.78 is 0. The zero-order valence-corrected chi connectivity index (χ0v) is 9.85. The maximum atomic E-state index is 10.5. The van der Waals surface area contributed by atoms with E-state index in [2.05, 4.69) is 5.32 Å². The molecular formula is C10H11Cl2N3O. The number of nitrogens with two attached hydrogens (primary N) is 2. The van der Waals surface area contributed by atoms with E-state index in [1.807, 2.05) is 0 Å². The van der Waals surface area contributed by atoms with Gasteiger partial charge in [0.05, 0.1) is 6.54 Å². The standard InChI is InChI=1S/C10H11Cl2N3O/c11-6-1-7(12)3-9(2-6)15-5-8(13)4-10(14)16/h1-4,15H,5,13H2,(H2,14,16)/b8-4-. The zero-order chi connectivity index (χ0) is 12.1. The number of primary amides is 1. The molecule has 86 valence electrons. The van der Waals surface area contributed by atoms with E-state index in [-0.39, 0.29) is 0 Å². The van der Waals surface area contributed by atoms with E-state index in [9.17, 15) is 4.79 Å². The highest BCUT2D eigenvalue weighted by Crippen LogP contribution is 2.22. The van der Waals surface area contributed by atoms with Crippen LogP contribution in [0.25, 0.3) is 0 Å². The summed E-state index contributed by atoms with van der Waals surface area (Å²) in [5.74, 6) is -0.580. The predicted molar refractivity (Wildman–Crippen MR) is 66.4 cm³/mol. The maximum absolute atomic E-state index is 10.5. The minimum absolute atomic E-state index is 0.291. The van der Waals surface area contributed by atoms with Crippen LogP contribution in [0.1, 0.15) is 0 Å². The topological polar surface area (TPSA) is 81.1 Å². The lowest BCUT2D eigenvalue weighted by molar-refractivity contribution is -0.113. The fraction of sp³-hybridized carbons (Fsp3) is 0.100. The van der Waals surface area contributed by atoms with Crippen LogP contribution in [0.5, 0.6) is 0 Å². The van der Waals surface area contributed by atoms with Crippen LogP contribution in [0.15, 0.2) is 30.0 Å². The van der Waals surface area contributed by atoms with Crippen LogP contribution in [0.3, 0.4) is 0 Å². The smallest absolute Gasteiger partial charge is 0.243 e. The molecule has 4 nitrogen and oxygen atoms in total. The van der Waals surface area contributed by atoms with E-state index in [4.69, 9.17) is 34.7 Å². The molecule has 0 aliphatic rings. The van der Waals surface area contributed by atoms with Gasteiger partial charge in [-0.05, 0) is 18.2 Å². The van der Waals surface area contributed by atoms with Gasteiger partial charge in [-0.25, -0.2) is 0 Å². The summed E-state index contributed by atoms with van der Waals surface area (Å²) in [6, 6.07) is 5.02. The molecule has 0 fully saturated rings. The molecular weight excluding hydrogens is 249 g/mol. The molecule has 0 atom stereocenters. The highest BCUT2D eigenvalue weighted by molar-refractivity contribution is 6.35. The lowest BCUT2D eigenvalue weighted by Crippen LogP contribution is -2.16. The molecule has 1 amide bonds. The van der Waals surface area contributed by atoms with Gasteiger partial charge in [0.15, 0.2) is 0 Å². The summed E-state index contributed by atoms with van der Waals surface area (Å²) in [6.07, 6.45) is 1.15. The van der Waals surface area contributed by atoms with Crippen molar-refractivity contribution in [3.63, 3.8) is 0 Å². The summed E-state index contributed by atoms with van der Waals surface area (Å²) in [6.45, 7) is 0.291. The van der Waals surface area contributed by atoms with Gasteiger partial charge < -0.3 is 16.8 Å². The quantitative estimate of drug-likeness (QED) is 0.721. The fourth-order valence-corrected chi connectivity index (χ4v) is 1.62. The molecule has 16 heavy (non-hydrogen) atoms. The van der Waals surface area contributed by atoms with Gasteiger partial charge in [-0.1, -0.05) is 23.2 Å². The van der Waals surface area contributed by atoms with Crippen LogP contribution in [0.4, 0.5) is 5.69 Å². The van der Waals surface area contributed by atoms with E-state index >= 15 is 0 Å². The second kappa shape index (κ2) is 5.63. The van der Waals surface area contributed by atoms with E-state index in [0.717, 1.165) is 11.8 Å².